The van der Waals surface area contributed by atoms with E-state index in [0.29, 0.717) is 0 Å². The number of aliphatic hydroxyl groups is 2. The molecule has 2 N–H and O–H groups in total. The summed E-state index contributed by atoms with van der Waals surface area (Å²) >= 11 is 0. The van der Waals surface area contributed by atoms with Crippen molar-refractivity contribution in [2.45, 2.75) is 263 Å². The summed E-state index contributed by atoms with van der Waals surface area (Å²) in [7, 11) is 0. The van der Waals surface area contributed by atoms with Crippen molar-refractivity contribution in [1.82, 2.24) is 0 Å². The maximum absolute atomic E-state index is 13.8. The molecular weight excluding hydrogens is 625 g/mol. The first-order chi connectivity index (χ1) is 25.0. The third-order valence-electron chi connectivity index (χ3n) is 12.0. The van der Waals surface area contributed by atoms with Crippen molar-refractivity contribution in [2.75, 3.05) is 6.61 Å². The molecule has 0 saturated carbocycles. The average molecular weight is 715 g/mol. The summed E-state index contributed by atoms with van der Waals surface area (Å²) in [6.07, 6.45) is 38.5. The van der Waals surface area contributed by atoms with Gasteiger partial charge in [0.05, 0.1) is 18.8 Å². The smallest absolute Gasteiger partial charge is 0.100 e. The Kier molecular flexibility index (Phi) is 30.7. The Morgan fingerprint density at radius 3 is 1.24 bits per heavy atom. The summed E-state index contributed by atoms with van der Waals surface area (Å²) < 4.78 is 6.89. The highest BCUT2D eigenvalue weighted by molar-refractivity contribution is 5.31. The highest BCUT2D eigenvalue weighted by atomic mass is 16.5. The van der Waals surface area contributed by atoms with Crippen molar-refractivity contribution in [3.8, 4) is 0 Å². The van der Waals surface area contributed by atoms with Gasteiger partial charge >= 0.3 is 0 Å². The summed E-state index contributed by atoms with van der Waals surface area (Å²) in [5.74, 6) is 0. The predicted octanol–water partition coefficient (Wildman–Crippen LogP) is 15.0. The first kappa shape index (κ1) is 48.1. The highest BCUT2D eigenvalue weighted by Crippen LogP contribution is 2.50. The number of rotatable bonds is 38. The minimum atomic E-state index is -0.992. The third kappa shape index (κ3) is 20.4. The lowest BCUT2D eigenvalue weighted by Gasteiger charge is -2.53. The zero-order valence-electron chi connectivity index (χ0n) is 35.2. The molecule has 0 aliphatic rings. The van der Waals surface area contributed by atoms with Crippen molar-refractivity contribution in [3.05, 3.63) is 35.9 Å². The second-order valence-corrected chi connectivity index (χ2v) is 16.5. The van der Waals surface area contributed by atoms with E-state index in [0.717, 1.165) is 51.4 Å². The maximum atomic E-state index is 13.8. The fourth-order valence-corrected chi connectivity index (χ4v) is 8.71. The Labute approximate surface area is 319 Å². The Balaban J connectivity index is 3.54. The van der Waals surface area contributed by atoms with Crippen molar-refractivity contribution >= 4 is 0 Å². The molecule has 0 bridgehead atoms. The van der Waals surface area contributed by atoms with Crippen molar-refractivity contribution < 1.29 is 14.9 Å². The van der Waals surface area contributed by atoms with Gasteiger partial charge in [-0.3, -0.25) is 0 Å². The molecule has 0 aromatic heterocycles. The fourth-order valence-electron chi connectivity index (χ4n) is 8.71. The van der Waals surface area contributed by atoms with Crippen LogP contribution in [0.1, 0.15) is 246 Å². The van der Waals surface area contributed by atoms with Gasteiger partial charge in [-0.2, -0.15) is 0 Å². The molecule has 3 nitrogen and oxygen atoms in total. The Morgan fingerprint density at radius 1 is 0.490 bits per heavy atom. The van der Waals surface area contributed by atoms with Crippen LogP contribution < -0.4 is 0 Å². The molecule has 3 heteroatoms. The number of hydrogen-bond acceptors (Lipinski definition) is 3. The minimum Gasteiger partial charge on any atom is -0.394 e. The van der Waals surface area contributed by atoms with Crippen LogP contribution in [0.2, 0.25) is 0 Å². The van der Waals surface area contributed by atoms with Crippen LogP contribution in [0.3, 0.4) is 0 Å². The Morgan fingerprint density at radius 2 is 0.843 bits per heavy atom. The molecular formula is C48H90O3. The van der Waals surface area contributed by atoms with E-state index in [2.05, 4.69) is 58.0 Å². The van der Waals surface area contributed by atoms with Gasteiger partial charge in [0.25, 0.3) is 0 Å². The molecule has 0 spiro atoms. The minimum absolute atomic E-state index is 0.00508. The number of unbranched alkanes of at least 4 members (excludes halogenated alkanes) is 24. The molecule has 0 saturated heterocycles. The maximum Gasteiger partial charge on any atom is 0.100 e. The lowest BCUT2D eigenvalue weighted by molar-refractivity contribution is -0.185. The van der Waals surface area contributed by atoms with Crippen molar-refractivity contribution in [3.63, 3.8) is 0 Å². The van der Waals surface area contributed by atoms with Crippen LogP contribution in [0.25, 0.3) is 0 Å². The number of ether oxygens (including phenoxy) is 1. The lowest BCUT2D eigenvalue weighted by atomic mass is 9.57. The van der Waals surface area contributed by atoms with Gasteiger partial charge in [-0.25, -0.2) is 0 Å². The predicted molar refractivity (Wildman–Crippen MR) is 225 cm³/mol. The van der Waals surface area contributed by atoms with Gasteiger partial charge in [0.1, 0.15) is 5.60 Å². The van der Waals surface area contributed by atoms with Crippen LogP contribution >= 0.6 is 0 Å². The monoisotopic (exact) mass is 715 g/mol. The first-order valence-corrected chi connectivity index (χ1v) is 23.0. The second-order valence-electron chi connectivity index (χ2n) is 16.5. The molecule has 0 radical (unpaired) electrons. The summed E-state index contributed by atoms with van der Waals surface area (Å²) in [4.78, 5) is 0. The second kappa shape index (κ2) is 32.5. The van der Waals surface area contributed by atoms with Crippen LogP contribution in [0, 0.1) is 0 Å². The number of hydrogen-bond donors (Lipinski definition) is 2. The molecule has 3 atom stereocenters. The molecule has 1 rings (SSSR count). The van der Waals surface area contributed by atoms with Crippen LogP contribution in [0.5, 0.6) is 0 Å². The topological polar surface area (TPSA) is 49.7 Å². The van der Waals surface area contributed by atoms with Gasteiger partial charge in [-0.05, 0) is 38.2 Å². The van der Waals surface area contributed by atoms with E-state index in [1.807, 2.05) is 6.92 Å². The van der Waals surface area contributed by atoms with Crippen LogP contribution in [0.15, 0.2) is 30.3 Å². The molecule has 300 valence electrons. The zero-order chi connectivity index (χ0) is 37.3. The largest absolute Gasteiger partial charge is 0.394 e. The number of aliphatic hydroxyl groups excluding tert-OH is 1. The molecule has 0 aliphatic heterocycles. The first-order valence-electron chi connectivity index (χ1n) is 23.0. The van der Waals surface area contributed by atoms with Gasteiger partial charge in [0.15, 0.2) is 0 Å². The molecule has 3 unspecified atom stereocenters. The van der Waals surface area contributed by atoms with E-state index in [-0.39, 0.29) is 24.2 Å². The van der Waals surface area contributed by atoms with Gasteiger partial charge in [0.2, 0.25) is 0 Å². The van der Waals surface area contributed by atoms with E-state index < -0.39 is 5.60 Å². The molecule has 0 heterocycles. The summed E-state index contributed by atoms with van der Waals surface area (Å²) in [5, 5.41) is 24.1. The normalized spacial score (nSPS) is 14.5. The van der Waals surface area contributed by atoms with Gasteiger partial charge < -0.3 is 14.9 Å². The van der Waals surface area contributed by atoms with Gasteiger partial charge in [-0.1, -0.05) is 238 Å². The van der Waals surface area contributed by atoms with E-state index in [1.165, 1.54) is 160 Å². The number of benzene rings is 1. The van der Waals surface area contributed by atoms with E-state index in [4.69, 9.17) is 4.74 Å². The molecule has 51 heavy (non-hydrogen) atoms. The van der Waals surface area contributed by atoms with Gasteiger partial charge in [0, 0.05) is 5.41 Å². The van der Waals surface area contributed by atoms with Gasteiger partial charge in [-0.15, -0.1) is 0 Å². The standard InChI is InChI=1S/C48H90O3/c1-6-10-14-18-22-26-33-39-46(51-44(5)43-49)48(50,42-36-29-25-21-17-13-9-4)47(45-37-31-30-32-38-45,40-34-27-23-19-15-11-7-2)41-35-28-24-20-16-12-8-3/h30-32,37-38,44,46,49-50H,6-29,33-36,39-43H2,1-5H3. The molecule has 0 aliphatic carbocycles. The highest BCUT2D eigenvalue weighted by Gasteiger charge is 2.55. The molecule has 1 aromatic rings. The van der Waals surface area contributed by atoms with Crippen molar-refractivity contribution in [1.29, 1.82) is 0 Å². The quantitative estimate of drug-likeness (QED) is 0.0671. The SMILES string of the molecule is CCCCCCCCCC(OC(C)CO)C(O)(CCCCCCCCC)C(CCCCCCCCC)(CCCCCCCCC)c1ccccc1. The van der Waals surface area contributed by atoms with Crippen LogP contribution in [-0.4, -0.2) is 34.6 Å². The van der Waals surface area contributed by atoms with E-state index in [1.54, 1.807) is 0 Å². The lowest BCUT2D eigenvalue weighted by Crippen LogP contribution is -2.60. The average Bonchev–Trinajstić information content (AvgIpc) is 3.15. The fraction of sp³-hybridized carbons (Fsp3) is 0.875. The van der Waals surface area contributed by atoms with Crippen LogP contribution in [0.4, 0.5) is 0 Å². The van der Waals surface area contributed by atoms with E-state index in [9.17, 15) is 10.2 Å². The Bertz CT molecular complexity index is 837. The third-order valence-corrected chi connectivity index (χ3v) is 12.0. The Hall–Kier alpha value is -0.900. The molecule has 0 amide bonds. The summed E-state index contributed by atoms with van der Waals surface area (Å²) in [6, 6.07) is 11.2. The van der Waals surface area contributed by atoms with Crippen molar-refractivity contribution in [2.24, 2.45) is 0 Å². The van der Waals surface area contributed by atoms with Crippen LogP contribution in [-0.2, 0) is 10.2 Å². The summed E-state index contributed by atoms with van der Waals surface area (Å²) in [5.41, 5.74) is -0.0461. The molecule has 1 aromatic carbocycles. The molecule has 0 fully saturated rings. The summed E-state index contributed by atoms with van der Waals surface area (Å²) in [6.45, 7) is 11.2. The zero-order valence-corrected chi connectivity index (χ0v) is 35.2. The van der Waals surface area contributed by atoms with E-state index >= 15 is 0 Å².